The number of aliphatic carboxylic acids is 1. The lowest BCUT2D eigenvalue weighted by Crippen LogP contribution is -2.29. The highest BCUT2D eigenvalue weighted by Crippen LogP contribution is 2.34. The molecule has 404 valence electrons. The van der Waals surface area contributed by atoms with E-state index in [1.54, 1.807) is 23.9 Å². The molecule has 1 fully saturated rings. The summed E-state index contributed by atoms with van der Waals surface area (Å²) in [7, 11) is 0. The Labute approximate surface area is 434 Å². The van der Waals surface area contributed by atoms with Gasteiger partial charge in [0.15, 0.2) is 0 Å². The van der Waals surface area contributed by atoms with Crippen molar-refractivity contribution in [1.29, 1.82) is 0 Å². The summed E-state index contributed by atoms with van der Waals surface area (Å²) in [6.45, 7) is 7.19. The molecule has 74 heavy (non-hydrogen) atoms. The van der Waals surface area contributed by atoms with Gasteiger partial charge in [0.1, 0.15) is 0 Å². The molecule has 0 unspecified atom stereocenters. The molecule has 3 aromatic carbocycles. The number of carbonyl (C=O) groups excluding carboxylic acids is 3. The van der Waals surface area contributed by atoms with Gasteiger partial charge in [-0.1, -0.05) is 24.3 Å². The van der Waals surface area contributed by atoms with Gasteiger partial charge in [-0.3, -0.25) is 24.2 Å². The lowest BCUT2D eigenvalue weighted by Gasteiger charge is -2.29. The molecule has 1 aliphatic heterocycles. The van der Waals surface area contributed by atoms with E-state index in [2.05, 4.69) is 25.8 Å². The number of piperidine rings is 1. The summed E-state index contributed by atoms with van der Waals surface area (Å²) >= 11 is 1.68. The number of anilines is 2. The molecule has 1 aromatic heterocycles. The van der Waals surface area contributed by atoms with Gasteiger partial charge in [0.2, 0.25) is 5.91 Å². The molecule has 0 bridgehead atoms. The van der Waals surface area contributed by atoms with Crippen LogP contribution in [0.4, 0.5) is 24.5 Å². The number of ether oxygens (including phenoxy) is 7. The molecule has 0 spiro atoms. The number of nitrogens with one attached hydrogen (secondary N) is 3. The van der Waals surface area contributed by atoms with E-state index in [9.17, 15) is 32.3 Å². The minimum atomic E-state index is -4.50. The highest BCUT2D eigenvalue weighted by atomic mass is 32.2. The molecule has 0 saturated carbocycles. The molecule has 21 heteroatoms. The fourth-order valence-electron chi connectivity index (χ4n) is 7.35. The molecule has 5 rings (SSSR count). The summed E-state index contributed by atoms with van der Waals surface area (Å²) in [5.41, 5.74) is 3.79. The van der Waals surface area contributed by atoms with Crippen LogP contribution in [0, 0.1) is 0 Å². The van der Waals surface area contributed by atoms with Crippen molar-refractivity contribution in [3.8, 4) is 11.3 Å². The molecule has 0 atom stereocenters. The SMILES string of the molecule is O=C(O)CCOCCOCCOCCNC(=O)CCOCCOCCOCCOCCSCc1cccc(C(=O)Nc2ccc(N3CCCCC3)cc2-c2cc(C(=O)NCc3cccc(C(F)(F)F)c3)ccn2)c1. The number of carboxylic acid groups (broad SMARTS) is 1. The molecule has 0 radical (unpaired) electrons. The zero-order chi connectivity index (χ0) is 52.6. The first-order valence-corrected chi connectivity index (χ1v) is 25.9. The summed E-state index contributed by atoms with van der Waals surface area (Å²) in [5, 5.41) is 17.1. The van der Waals surface area contributed by atoms with Gasteiger partial charge in [-0.25, -0.2) is 0 Å². The number of thioether (sulfide) groups is 1. The number of pyridine rings is 1. The fraction of sp³-hybridized carbons (Fsp3) is 0.491. The molecule has 0 aliphatic carbocycles. The first-order valence-electron chi connectivity index (χ1n) is 24.8. The smallest absolute Gasteiger partial charge is 0.416 e. The van der Waals surface area contributed by atoms with Gasteiger partial charge in [0.05, 0.1) is 116 Å². The zero-order valence-electron chi connectivity index (χ0n) is 41.6. The normalized spacial score (nSPS) is 12.7. The zero-order valence-corrected chi connectivity index (χ0v) is 42.5. The molecule has 2 heterocycles. The van der Waals surface area contributed by atoms with E-state index in [1.165, 1.54) is 24.4 Å². The Morgan fingerprint density at radius 1 is 0.622 bits per heavy atom. The number of hydrogen-bond acceptors (Lipinski definition) is 14. The van der Waals surface area contributed by atoms with Crippen LogP contribution in [-0.4, -0.2) is 152 Å². The minimum absolute atomic E-state index is 0.0384. The van der Waals surface area contributed by atoms with Crippen LogP contribution in [0.1, 0.15) is 69.5 Å². The van der Waals surface area contributed by atoms with Crippen LogP contribution in [0.15, 0.2) is 85.1 Å². The summed E-state index contributed by atoms with van der Waals surface area (Å²) in [6, 6.07) is 21.2. The van der Waals surface area contributed by atoms with Gasteiger partial charge in [-0.05, 0) is 85.0 Å². The van der Waals surface area contributed by atoms with E-state index >= 15 is 0 Å². The van der Waals surface area contributed by atoms with Crippen LogP contribution in [0.2, 0.25) is 0 Å². The number of alkyl halides is 3. The number of halogens is 3. The van der Waals surface area contributed by atoms with Crippen molar-refractivity contribution in [3.05, 3.63) is 113 Å². The quantitative estimate of drug-likeness (QED) is 0.0331. The number of carboxylic acids is 1. The average Bonchev–Trinajstić information content (AvgIpc) is 3.40. The number of carbonyl (C=O) groups is 4. The Morgan fingerprint density at radius 3 is 1.91 bits per heavy atom. The second-order valence-corrected chi connectivity index (χ2v) is 17.9. The van der Waals surface area contributed by atoms with E-state index < -0.39 is 23.6 Å². The van der Waals surface area contributed by atoms with Gasteiger partial charge in [-0.15, -0.1) is 0 Å². The minimum Gasteiger partial charge on any atom is -0.481 e. The van der Waals surface area contributed by atoms with Crippen LogP contribution in [-0.2, 0) is 61.2 Å². The van der Waals surface area contributed by atoms with E-state index in [-0.39, 0.29) is 50.0 Å². The first-order chi connectivity index (χ1) is 36.0. The molecule has 4 N–H and O–H groups in total. The maximum atomic E-state index is 13.8. The Bertz CT molecular complexity index is 2320. The highest BCUT2D eigenvalue weighted by molar-refractivity contribution is 7.98. The second-order valence-electron chi connectivity index (χ2n) is 16.8. The predicted octanol–water partition coefficient (Wildman–Crippen LogP) is 7.27. The third-order valence-electron chi connectivity index (χ3n) is 11.2. The van der Waals surface area contributed by atoms with Crippen molar-refractivity contribution in [2.75, 3.05) is 128 Å². The lowest BCUT2D eigenvalue weighted by molar-refractivity contribution is -0.139. The Balaban J connectivity index is 0.928. The lowest BCUT2D eigenvalue weighted by atomic mass is 10.0. The van der Waals surface area contributed by atoms with Gasteiger partial charge in [0.25, 0.3) is 11.8 Å². The topological polar surface area (TPSA) is 205 Å². The van der Waals surface area contributed by atoms with Crippen LogP contribution >= 0.6 is 11.8 Å². The molecule has 1 saturated heterocycles. The van der Waals surface area contributed by atoms with Crippen molar-refractivity contribution in [2.24, 2.45) is 0 Å². The molecule has 17 nitrogen and oxygen atoms in total. The van der Waals surface area contributed by atoms with Crippen LogP contribution in [0.5, 0.6) is 0 Å². The molecule has 3 amide bonds. The standard InChI is InChI=1S/C53H68F3N5O12S/c54-53(55,56)44-9-5-6-40(35-44)38-59-51(65)43-12-15-57-48(36-43)46-37-45(61-17-2-1-3-18-61)10-11-47(46)60-52(66)42-8-4-7-41(34-42)39-74-33-32-73-31-30-72-29-28-71-25-22-67-19-13-49(62)58-16-21-69-24-27-70-26-23-68-20-14-50(63)64/h4-12,15,34-37H,1-3,13-14,16-33,38-39H2,(H,58,62)(H,59,65)(H,60,66)(H,63,64). The van der Waals surface area contributed by atoms with Crippen LogP contribution in [0.25, 0.3) is 11.3 Å². The Morgan fingerprint density at radius 2 is 1.23 bits per heavy atom. The fourth-order valence-corrected chi connectivity index (χ4v) is 8.14. The molecular formula is C53H68F3N5O12S. The van der Waals surface area contributed by atoms with Crippen molar-refractivity contribution in [2.45, 2.75) is 50.6 Å². The highest BCUT2D eigenvalue weighted by Gasteiger charge is 2.30. The molecular weight excluding hydrogens is 988 g/mol. The third-order valence-corrected chi connectivity index (χ3v) is 12.2. The monoisotopic (exact) mass is 1060 g/mol. The Kier molecular flexibility index (Phi) is 27.2. The summed E-state index contributed by atoms with van der Waals surface area (Å²) in [5.74, 6) is -0.417. The van der Waals surface area contributed by atoms with Gasteiger partial charge >= 0.3 is 12.1 Å². The van der Waals surface area contributed by atoms with E-state index in [4.69, 9.17) is 38.3 Å². The number of nitrogens with zero attached hydrogens (tertiary/aromatic N) is 2. The predicted molar refractivity (Wildman–Crippen MR) is 275 cm³/mol. The summed E-state index contributed by atoms with van der Waals surface area (Å²) < 4.78 is 78.0. The number of amides is 3. The maximum absolute atomic E-state index is 13.8. The largest absolute Gasteiger partial charge is 0.481 e. The van der Waals surface area contributed by atoms with Crippen molar-refractivity contribution in [1.82, 2.24) is 15.6 Å². The van der Waals surface area contributed by atoms with Gasteiger partial charge < -0.3 is 59.1 Å². The average molecular weight is 1060 g/mol. The molecule has 1 aliphatic rings. The van der Waals surface area contributed by atoms with Crippen molar-refractivity contribution in [3.63, 3.8) is 0 Å². The van der Waals surface area contributed by atoms with E-state index in [0.29, 0.717) is 120 Å². The van der Waals surface area contributed by atoms with E-state index in [1.807, 2.05) is 36.4 Å². The van der Waals surface area contributed by atoms with Crippen LogP contribution < -0.4 is 20.9 Å². The second kappa shape index (κ2) is 34.0. The van der Waals surface area contributed by atoms with Crippen molar-refractivity contribution < 1.29 is 70.6 Å². The van der Waals surface area contributed by atoms with E-state index in [0.717, 1.165) is 61.5 Å². The third kappa shape index (κ3) is 23.3. The van der Waals surface area contributed by atoms with Crippen LogP contribution in [0.3, 0.4) is 0 Å². The number of hydrogen-bond donors (Lipinski definition) is 4. The van der Waals surface area contributed by atoms with Crippen molar-refractivity contribution >= 4 is 46.8 Å². The molecule has 4 aromatic rings. The number of benzene rings is 3. The summed E-state index contributed by atoms with van der Waals surface area (Å²) in [6.07, 6.45) is 0.471. The summed E-state index contributed by atoms with van der Waals surface area (Å²) in [4.78, 5) is 56.3. The first kappa shape index (κ1) is 59.2. The maximum Gasteiger partial charge on any atom is 0.416 e. The van der Waals surface area contributed by atoms with Gasteiger partial charge in [0, 0.05) is 72.7 Å². The van der Waals surface area contributed by atoms with Gasteiger partial charge in [-0.2, -0.15) is 24.9 Å². The number of rotatable bonds is 36. The number of aromatic nitrogens is 1. The Hall–Kier alpha value is -5.65.